The number of nitrogens with two attached hydrogens (primary N) is 1. The Kier molecular flexibility index (Phi) is 12.2. The monoisotopic (exact) mass is 676 g/mol. The Morgan fingerprint density at radius 1 is 1.04 bits per heavy atom. The molecule has 5 rings (SSSR count). The summed E-state index contributed by atoms with van der Waals surface area (Å²) >= 11 is 0. The number of rotatable bonds is 12. The molecule has 0 unspecified atom stereocenters. The van der Waals surface area contributed by atoms with Gasteiger partial charge in [-0.25, -0.2) is 0 Å². The number of fused-ring (bicyclic) bond motifs is 2. The normalized spacial score (nSPS) is 25.7. The average molecular weight is 677 g/mol. The van der Waals surface area contributed by atoms with E-state index in [4.69, 9.17) is 5.73 Å². The zero-order chi connectivity index (χ0) is 35.1. The van der Waals surface area contributed by atoms with Crippen molar-refractivity contribution in [1.29, 1.82) is 0 Å². The van der Waals surface area contributed by atoms with Crippen molar-refractivity contribution in [3.63, 3.8) is 0 Å². The van der Waals surface area contributed by atoms with Crippen molar-refractivity contribution in [3.05, 3.63) is 53.8 Å². The van der Waals surface area contributed by atoms with Gasteiger partial charge in [0.1, 0.15) is 11.7 Å². The van der Waals surface area contributed by atoms with E-state index in [9.17, 15) is 24.3 Å². The maximum atomic E-state index is 13.9. The second kappa shape index (κ2) is 16.3. The highest BCUT2D eigenvalue weighted by Crippen LogP contribution is 2.39. The Morgan fingerprint density at radius 3 is 2.51 bits per heavy atom. The van der Waals surface area contributed by atoms with Gasteiger partial charge in [0, 0.05) is 24.3 Å². The number of amides is 4. The first-order valence-electron chi connectivity index (χ1n) is 18.2. The Balaban J connectivity index is 1.32. The van der Waals surface area contributed by atoms with Gasteiger partial charge < -0.3 is 32.1 Å². The number of carbonyl (C=O) groups excluding carboxylic acids is 4. The highest BCUT2D eigenvalue weighted by atomic mass is 16.3. The van der Waals surface area contributed by atoms with Gasteiger partial charge in [0.15, 0.2) is 0 Å². The molecule has 268 valence electrons. The minimum Gasteiger partial charge on any atom is -0.390 e. The van der Waals surface area contributed by atoms with Crippen LogP contribution in [-0.2, 0) is 25.6 Å². The van der Waals surface area contributed by atoms with Gasteiger partial charge in [0.25, 0.3) is 5.91 Å². The number of nitrogens with one attached hydrogen (secondary N) is 4. The number of likely N-dealkylation sites (tertiary alicyclic amines) is 1. The molecule has 0 bridgehead atoms. The van der Waals surface area contributed by atoms with Gasteiger partial charge in [-0.2, -0.15) is 0 Å². The van der Waals surface area contributed by atoms with Crippen LogP contribution in [0, 0.1) is 17.8 Å². The zero-order valence-electron chi connectivity index (χ0n) is 29.4. The van der Waals surface area contributed by atoms with Crippen LogP contribution in [0.25, 0.3) is 0 Å². The predicted molar refractivity (Wildman–Crippen MR) is 190 cm³/mol. The number of hydrogen-bond acceptors (Lipinski definition) is 7. The first-order chi connectivity index (χ1) is 23.4. The molecular weight excluding hydrogens is 620 g/mol. The zero-order valence-corrected chi connectivity index (χ0v) is 29.4. The number of anilines is 1. The smallest absolute Gasteiger partial charge is 0.268 e. The lowest BCUT2D eigenvalue weighted by molar-refractivity contribution is -0.133. The molecule has 11 nitrogen and oxygen atoms in total. The van der Waals surface area contributed by atoms with E-state index in [0.29, 0.717) is 24.7 Å². The summed E-state index contributed by atoms with van der Waals surface area (Å²) in [5, 5.41) is 23.9. The van der Waals surface area contributed by atoms with E-state index < -0.39 is 42.3 Å². The van der Waals surface area contributed by atoms with Crippen molar-refractivity contribution in [2.24, 2.45) is 23.5 Å². The fourth-order valence-electron chi connectivity index (χ4n) is 8.02. The number of aliphatic hydroxyl groups excluding tert-OH is 1. The minimum absolute atomic E-state index is 0.0305. The number of carbonyl (C=O) groups is 4. The molecule has 1 aromatic rings. The van der Waals surface area contributed by atoms with Crippen LogP contribution in [0.1, 0.15) is 90.5 Å². The van der Waals surface area contributed by atoms with Gasteiger partial charge >= 0.3 is 0 Å². The number of allylic oxidation sites excluding steroid dienone is 3. The number of para-hydroxylation sites is 1. The van der Waals surface area contributed by atoms with Crippen LogP contribution in [0.15, 0.2) is 48.2 Å². The van der Waals surface area contributed by atoms with Crippen LogP contribution in [0.3, 0.4) is 0 Å². The molecule has 0 aromatic heterocycles. The van der Waals surface area contributed by atoms with Gasteiger partial charge in [-0.1, -0.05) is 55.7 Å². The number of piperidine rings is 1. The summed E-state index contributed by atoms with van der Waals surface area (Å²) in [6.07, 6.45) is 14.0. The van der Waals surface area contributed by atoms with Crippen molar-refractivity contribution in [1.82, 2.24) is 20.9 Å². The van der Waals surface area contributed by atoms with Crippen LogP contribution >= 0.6 is 0 Å². The van der Waals surface area contributed by atoms with E-state index in [2.05, 4.69) is 38.3 Å². The molecule has 0 radical (unpaired) electrons. The van der Waals surface area contributed by atoms with Crippen LogP contribution in [-0.4, -0.2) is 76.5 Å². The number of primary amides is 1. The molecule has 49 heavy (non-hydrogen) atoms. The van der Waals surface area contributed by atoms with E-state index in [1.54, 1.807) is 6.08 Å². The van der Waals surface area contributed by atoms with E-state index in [-0.39, 0.29) is 35.6 Å². The lowest BCUT2D eigenvalue weighted by Crippen LogP contribution is -2.61. The fourth-order valence-corrected chi connectivity index (χ4v) is 8.02. The van der Waals surface area contributed by atoms with Crippen LogP contribution in [0.4, 0.5) is 5.69 Å². The molecule has 0 spiro atoms. The number of aliphatic hydroxyl groups is 1. The van der Waals surface area contributed by atoms with Crippen LogP contribution in [0.2, 0.25) is 0 Å². The van der Waals surface area contributed by atoms with Gasteiger partial charge in [-0.15, -0.1) is 0 Å². The van der Waals surface area contributed by atoms with Gasteiger partial charge in [-0.3, -0.25) is 24.1 Å². The van der Waals surface area contributed by atoms with E-state index in [1.165, 1.54) is 12.8 Å². The second-order valence-corrected chi connectivity index (χ2v) is 15.6. The molecule has 4 amide bonds. The molecule has 2 fully saturated rings. The number of nitrogens with zero attached hydrogens (tertiary/aromatic N) is 1. The summed E-state index contributed by atoms with van der Waals surface area (Å²) in [6.45, 7) is 6.86. The first-order valence-corrected chi connectivity index (χ1v) is 18.2. The summed E-state index contributed by atoms with van der Waals surface area (Å²) in [5.74, 6) is -0.755. The summed E-state index contributed by atoms with van der Waals surface area (Å²) in [7, 11) is 0. The molecule has 1 saturated carbocycles. The van der Waals surface area contributed by atoms with Crippen molar-refractivity contribution in [2.75, 3.05) is 18.4 Å². The third-order valence-corrected chi connectivity index (χ3v) is 10.5. The summed E-state index contributed by atoms with van der Waals surface area (Å²) in [5.41, 5.74) is 7.30. The van der Waals surface area contributed by atoms with Crippen LogP contribution < -0.4 is 27.0 Å². The molecule has 11 heteroatoms. The summed E-state index contributed by atoms with van der Waals surface area (Å²) in [6, 6.07) is 5.37. The van der Waals surface area contributed by atoms with E-state index in [1.807, 2.05) is 45.0 Å². The highest BCUT2D eigenvalue weighted by molar-refractivity contribution is 6.00. The molecule has 7 atom stereocenters. The highest BCUT2D eigenvalue weighted by Gasteiger charge is 2.42. The molecule has 2 heterocycles. The van der Waals surface area contributed by atoms with Crippen molar-refractivity contribution >= 4 is 29.3 Å². The number of benzene rings is 1. The Labute approximate surface area is 290 Å². The van der Waals surface area contributed by atoms with Crippen molar-refractivity contribution in [3.8, 4) is 0 Å². The quantitative estimate of drug-likeness (QED) is 0.185. The Morgan fingerprint density at radius 2 is 1.80 bits per heavy atom. The molecule has 4 aliphatic rings. The Hall–Kier alpha value is -3.70. The third-order valence-electron chi connectivity index (χ3n) is 10.5. The Bertz CT molecular complexity index is 1420. The maximum Gasteiger partial charge on any atom is 0.268 e. The minimum atomic E-state index is -1.23. The maximum absolute atomic E-state index is 13.9. The first kappa shape index (κ1) is 36.6. The number of β-amino-alcohol motifs (C(OH)–C–C–N with tert-alkyl or cyclic N) is 1. The average Bonchev–Trinajstić information content (AvgIpc) is 3.06. The van der Waals surface area contributed by atoms with Crippen molar-refractivity contribution < 1.29 is 24.3 Å². The van der Waals surface area contributed by atoms with E-state index >= 15 is 0 Å². The summed E-state index contributed by atoms with van der Waals surface area (Å²) < 4.78 is 0. The predicted octanol–water partition coefficient (Wildman–Crippen LogP) is 3.29. The summed E-state index contributed by atoms with van der Waals surface area (Å²) in [4.78, 5) is 55.1. The standard InChI is InChI=1S/C38H56N6O5/c1-38(2,3)43-37(49)32-20-26-14-7-8-15-27(26)22-44(32)23-33(45)30(19-24-11-5-4-6-12-24)41-36(48)31(21-34(39)46)42-35(47)29-18-17-25-13-9-10-16-28(25)40-29/h5,9-11,13,16,18,24,26-27,30-33,40,45H,4,6-8,12,14-15,17,19-23H2,1-3H3,(H2,39,46)(H,41,48)(H,42,47)(H,43,49)/t24-,26+,27-,30+,31+,32+,33-/m1/s1. The molecule has 2 aliphatic carbocycles. The van der Waals surface area contributed by atoms with Gasteiger partial charge in [0.2, 0.25) is 17.7 Å². The third kappa shape index (κ3) is 10.2. The SMILES string of the molecule is CC(C)(C)NC(=O)[C@@H]1C[C@@H]2CCCC[C@@H]2CN1C[C@@H](O)[C@H](C[C@@H]1C=CCCC1)NC(=O)[C@H](CC(N)=O)NC(=O)C1=CCc2ccccc2N1. The van der Waals surface area contributed by atoms with Gasteiger partial charge in [0.05, 0.1) is 24.6 Å². The van der Waals surface area contributed by atoms with Gasteiger partial charge in [-0.05, 0) is 95.1 Å². The topological polar surface area (TPSA) is 166 Å². The molecule has 1 saturated heterocycles. The van der Waals surface area contributed by atoms with Crippen molar-refractivity contribution in [2.45, 2.75) is 121 Å². The van der Waals surface area contributed by atoms with E-state index in [0.717, 1.165) is 56.3 Å². The lowest BCUT2D eigenvalue weighted by atomic mass is 9.72. The van der Waals surface area contributed by atoms with Crippen LogP contribution in [0.5, 0.6) is 0 Å². The fraction of sp³-hybridized carbons (Fsp3) is 0.632. The number of hydrogen-bond donors (Lipinski definition) is 6. The molecular formula is C38H56N6O5. The second-order valence-electron chi connectivity index (χ2n) is 15.6. The lowest BCUT2D eigenvalue weighted by Gasteiger charge is -2.47. The molecule has 1 aromatic carbocycles. The molecule has 2 aliphatic heterocycles. The molecule has 7 N–H and O–H groups in total. The largest absolute Gasteiger partial charge is 0.390 e.